The van der Waals surface area contributed by atoms with Gasteiger partial charge in [-0.3, -0.25) is 10.00 Å². The Kier molecular flexibility index (Phi) is 7.17. The average molecular weight is 560 g/mol. The third kappa shape index (κ3) is 5.52. The predicted molar refractivity (Wildman–Crippen MR) is 168 cm³/mol. The third-order valence-corrected chi connectivity index (χ3v) is 7.76. The smallest absolute Gasteiger partial charge is 0.153 e. The molecule has 3 aromatic carbocycles. The minimum absolute atomic E-state index is 0.493. The number of aromatic amines is 2. The molecule has 0 saturated carbocycles. The van der Waals surface area contributed by atoms with Crippen molar-refractivity contribution in [3.63, 3.8) is 0 Å². The minimum Gasteiger partial charge on any atom is -0.489 e. The number of pyridine rings is 1. The first-order valence-electron chi connectivity index (χ1n) is 14.3. The van der Waals surface area contributed by atoms with E-state index in [9.17, 15) is 0 Å². The van der Waals surface area contributed by atoms with Crippen molar-refractivity contribution in [1.29, 1.82) is 0 Å². The lowest BCUT2D eigenvalue weighted by Gasteiger charge is -2.26. The molecule has 42 heavy (non-hydrogen) atoms. The van der Waals surface area contributed by atoms with Crippen molar-refractivity contribution in [3.8, 4) is 28.1 Å². The molecule has 0 unspecified atom stereocenters. The number of ether oxygens (including phenoxy) is 2. The van der Waals surface area contributed by atoms with Gasteiger partial charge in [-0.15, -0.1) is 0 Å². The molecule has 5 N–H and O–H groups in total. The van der Waals surface area contributed by atoms with Gasteiger partial charge in [0, 0.05) is 66.2 Å². The molecule has 0 atom stereocenters. The first-order valence-corrected chi connectivity index (χ1v) is 14.3. The maximum Gasteiger partial charge on any atom is 0.153 e. The summed E-state index contributed by atoms with van der Waals surface area (Å²) in [5.41, 5.74) is 14.1. The molecule has 0 radical (unpaired) electrons. The Labute approximate surface area is 243 Å². The summed E-state index contributed by atoms with van der Waals surface area (Å²) in [5.74, 6) is 1.30. The lowest BCUT2D eigenvalue weighted by atomic mass is 10.0. The number of morpholine rings is 1. The van der Waals surface area contributed by atoms with Crippen molar-refractivity contribution in [2.75, 3.05) is 50.4 Å². The highest BCUT2D eigenvalue weighted by Gasteiger charge is 2.14. The number of H-pyrrole nitrogens is 2. The molecule has 1 aliphatic heterocycles. The van der Waals surface area contributed by atoms with E-state index in [0.29, 0.717) is 12.4 Å². The molecule has 9 nitrogen and oxygen atoms in total. The van der Waals surface area contributed by atoms with Gasteiger partial charge in [0.2, 0.25) is 0 Å². The Bertz CT molecular complexity index is 1820. The number of benzene rings is 3. The van der Waals surface area contributed by atoms with Crippen LogP contribution in [-0.2, 0) is 11.3 Å². The molecule has 3 aromatic heterocycles. The zero-order valence-corrected chi connectivity index (χ0v) is 23.3. The maximum atomic E-state index is 6.29. The number of hydrogen-bond acceptors (Lipinski definition) is 7. The van der Waals surface area contributed by atoms with Gasteiger partial charge in [-0.2, -0.15) is 5.10 Å². The van der Waals surface area contributed by atoms with Crippen LogP contribution in [0.4, 0.5) is 11.5 Å². The largest absolute Gasteiger partial charge is 0.489 e. The van der Waals surface area contributed by atoms with E-state index in [1.807, 2.05) is 36.5 Å². The van der Waals surface area contributed by atoms with Gasteiger partial charge >= 0.3 is 0 Å². The molecule has 4 heterocycles. The third-order valence-electron chi connectivity index (χ3n) is 7.76. The highest BCUT2D eigenvalue weighted by molar-refractivity contribution is 6.00. The van der Waals surface area contributed by atoms with Crippen molar-refractivity contribution >= 4 is 33.4 Å². The lowest BCUT2D eigenvalue weighted by Crippen LogP contribution is -2.39. The van der Waals surface area contributed by atoms with Crippen molar-refractivity contribution in [2.24, 2.45) is 0 Å². The highest BCUT2D eigenvalue weighted by Crippen LogP contribution is 2.35. The van der Waals surface area contributed by atoms with Crippen LogP contribution in [0.5, 0.6) is 5.75 Å². The standard InChI is InChI=1S/C33H33N7O2/c34-32-29-18-23(6-7-30(29)38-39-32)27-8-9-36-33-28(27)20-31(37-33)24-16-25(35-10-11-40-12-14-41-15-13-40)19-26(17-24)42-21-22-4-2-1-3-5-22/h1-9,16-20,35H,10-15,21H2,(H,36,37)(H3,34,38,39). The van der Waals surface area contributed by atoms with Gasteiger partial charge in [0.25, 0.3) is 0 Å². The number of nitrogens with two attached hydrogens (primary N) is 1. The summed E-state index contributed by atoms with van der Waals surface area (Å²) in [6.45, 7) is 5.82. The number of anilines is 2. The summed E-state index contributed by atoms with van der Waals surface area (Å²) in [5, 5.41) is 12.7. The number of hydrogen-bond donors (Lipinski definition) is 4. The van der Waals surface area contributed by atoms with E-state index in [1.165, 1.54) is 0 Å². The fourth-order valence-electron chi connectivity index (χ4n) is 5.50. The van der Waals surface area contributed by atoms with Crippen molar-refractivity contribution in [2.45, 2.75) is 6.61 Å². The quantitative estimate of drug-likeness (QED) is 0.180. The monoisotopic (exact) mass is 559 g/mol. The highest BCUT2D eigenvalue weighted by atomic mass is 16.5. The van der Waals surface area contributed by atoms with Gasteiger partial charge in [-0.1, -0.05) is 36.4 Å². The van der Waals surface area contributed by atoms with Crippen molar-refractivity contribution in [1.82, 2.24) is 25.1 Å². The van der Waals surface area contributed by atoms with E-state index < -0.39 is 0 Å². The maximum absolute atomic E-state index is 6.29. The minimum atomic E-state index is 0.493. The van der Waals surface area contributed by atoms with Crippen LogP contribution in [0.3, 0.4) is 0 Å². The van der Waals surface area contributed by atoms with Crippen LogP contribution in [0.15, 0.2) is 85.1 Å². The number of nitrogen functional groups attached to an aromatic ring is 1. The molecular formula is C33H33N7O2. The average Bonchev–Trinajstić information content (AvgIpc) is 3.64. The van der Waals surface area contributed by atoms with E-state index in [1.54, 1.807) is 0 Å². The number of nitrogens with one attached hydrogen (secondary N) is 3. The number of aromatic nitrogens is 4. The Morgan fingerprint density at radius 3 is 2.69 bits per heavy atom. The molecule has 6 aromatic rings. The fraction of sp³-hybridized carbons (Fsp3) is 0.212. The van der Waals surface area contributed by atoms with Crippen LogP contribution in [0.2, 0.25) is 0 Å². The molecule has 9 heteroatoms. The van der Waals surface area contributed by atoms with Gasteiger partial charge in [0.1, 0.15) is 18.0 Å². The van der Waals surface area contributed by atoms with Crippen molar-refractivity contribution < 1.29 is 9.47 Å². The van der Waals surface area contributed by atoms with Crippen LogP contribution in [0.25, 0.3) is 44.3 Å². The Morgan fingerprint density at radius 2 is 1.81 bits per heavy atom. The molecule has 212 valence electrons. The zero-order chi connectivity index (χ0) is 28.3. The number of fused-ring (bicyclic) bond motifs is 2. The molecule has 0 aliphatic carbocycles. The Morgan fingerprint density at radius 1 is 0.929 bits per heavy atom. The molecule has 1 fully saturated rings. The normalized spacial score (nSPS) is 14.0. The van der Waals surface area contributed by atoms with E-state index >= 15 is 0 Å². The van der Waals surface area contributed by atoms with Crippen LogP contribution in [0, 0.1) is 0 Å². The summed E-state index contributed by atoms with van der Waals surface area (Å²) in [6, 6.07) is 26.9. The number of nitrogens with zero attached hydrogens (tertiary/aromatic N) is 3. The molecule has 1 aliphatic rings. The summed E-state index contributed by atoms with van der Waals surface area (Å²) in [4.78, 5) is 10.6. The van der Waals surface area contributed by atoms with Crippen LogP contribution in [-0.4, -0.2) is 64.5 Å². The molecule has 7 rings (SSSR count). The van der Waals surface area contributed by atoms with E-state index in [-0.39, 0.29) is 0 Å². The Hall–Kier alpha value is -4.86. The van der Waals surface area contributed by atoms with Crippen LogP contribution < -0.4 is 15.8 Å². The van der Waals surface area contributed by atoms with Crippen molar-refractivity contribution in [3.05, 3.63) is 90.6 Å². The molecular weight excluding hydrogens is 526 g/mol. The van der Waals surface area contributed by atoms with E-state index in [2.05, 4.69) is 78.9 Å². The second-order valence-corrected chi connectivity index (χ2v) is 10.6. The lowest BCUT2D eigenvalue weighted by molar-refractivity contribution is 0.0398. The fourth-order valence-corrected chi connectivity index (χ4v) is 5.50. The van der Waals surface area contributed by atoms with Gasteiger partial charge in [0.05, 0.1) is 18.7 Å². The van der Waals surface area contributed by atoms with Gasteiger partial charge < -0.3 is 25.5 Å². The van der Waals surface area contributed by atoms with Crippen LogP contribution in [0.1, 0.15) is 5.56 Å². The first kappa shape index (κ1) is 26.1. The van der Waals surface area contributed by atoms with E-state index in [4.69, 9.17) is 15.2 Å². The second kappa shape index (κ2) is 11.6. The van der Waals surface area contributed by atoms with Gasteiger partial charge in [-0.25, -0.2) is 4.98 Å². The molecule has 0 bridgehead atoms. The topological polar surface area (TPSA) is 117 Å². The molecule has 0 spiro atoms. The zero-order valence-electron chi connectivity index (χ0n) is 23.3. The Balaban J connectivity index is 1.20. The predicted octanol–water partition coefficient (Wildman–Crippen LogP) is 5.68. The summed E-state index contributed by atoms with van der Waals surface area (Å²) in [6.07, 6.45) is 1.83. The van der Waals surface area contributed by atoms with Crippen LogP contribution >= 0.6 is 0 Å². The second-order valence-electron chi connectivity index (χ2n) is 10.6. The van der Waals surface area contributed by atoms with E-state index in [0.717, 1.165) is 101 Å². The molecule has 0 amide bonds. The molecule has 1 saturated heterocycles. The first-order chi connectivity index (χ1) is 20.7. The summed E-state index contributed by atoms with van der Waals surface area (Å²) >= 11 is 0. The number of rotatable bonds is 9. The SMILES string of the molecule is Nc1n[nH]c2ccc(-c3ccnc4[nH]c(-c5cc(NCCN6CCOCC6)cc(OCc6ccccc6)c5)cc34)cc12. The van der Waals surface area contributed by atoms with Gasteiger partial charge in [0.15, 0.2) is 5.82 Å². The van der Waals surface area contributed by atoms with Gasteiger partial charge in [-0.05, 0) is 53.1 Å². The summed E-state index contributed by atoms with van der Waals surface area (Å²) in [7, 11) is 0. The summed E-state index contributed by atoms with van der Waals surface area (Å²) < 4.78 is 11.8.